The second-order valence-electron chi connectivity index (χ2n) is 5.20. The highest BCUT2D eigenvalue weighted by molar-refractivity contribution is 9.10. The van der Waals surface area contributed by atoms with Gasteiger partial charge >= 0.3 is 0 Å². The molecule has 0 saturated carbocycles. The number of anilines is 1. The quantitative estimate of drug-likeness (QED) is 0.743. The van der Waals surface area contributed by atoms with Crippen LogP contribution in [0, 0.1) is 12.7 Å². The van der Waals surface area contributed by atoms with E-state index in [9.17, 15) is 9.18 Å². The van der Waals surface area contributed by atoms with E-state index in [0.29, 0.717) is 10.3 Å². The van der Waals surface area contributed by atoms with Crippen LogP contribution in [0.15, 0.2) is 46.9 Å². The number of nitrogens with zero attached hydrogens (tertiary/aromatic N) is 4. The van der Waals surface area contributed by atoms with Crippen molar-refractivity contribution in [1.29, 1.82) is 0 Å². The van der Waals surface area contributed by atoms with Crippen LogP contribution < -0.4 is 5.32 Å². The summed E-state index contributed by atoms with van der Waals surface area (Å²) in [4.78, 5) is 12.1. The molecular weight excluding hydrogens is 377 g/mol. The van der Waals surface area contributed by atoms with E-state index >= 15 is 0 Å². The van der Waals surface area contributed by atoms with Gasteiger partial charge in [-0.15, -0.1) is 5.10 Å². The van der Waals surface area contributed by atoms with Gasteiger partial charge in [0.05, 0.1) is 5.69 Å². The molecule has 0 aliphatic carbocycles. The molecule has 1 amide bonds. The fourth-order valence-electron chi connectivity index (χ4n) is 2.14. The summed E-state index contributed by atoms with van der Waals surface area (Å²) in [5.74, 6) is -0.466. The molecule has 1 N–H and O–H groups in total. The summed E-state index contributed by atoms with van der Waals surface area (Å²) >= 11 is 3.17. The molecule has 0 spiro atoms. The minimum Gasteiger partial charge on any atom is -0.322 e. The second kappa shape index (κ2) is 6.88. The van der Waals surface area contributed by atoms with Crippen molar-refractivity contribution in [2.75, 3.05) is 5.32 Å². The fraction of sp³-hybridized carbons (Fsp3) is 0.125. The third kappa shape index (κ3) is 3.65. The number of carbonyl (C=O) groups is 1. The zero-order valence-electron chi connectivity index (χ0n) is 12.7. The van der Waals surface area contributed by atoms with E-state index in [2.05, 4.69) is 36.8 Å². The van der Waals surface area contributed by atoms with E-state index in [4.69, 9.17) is 0 Å². The number of hydrogen-bond acceptors (Lipinski definition) is 4. The Balaban J connectivity index is 1.76. The SMILES string of the molecule is Cc1ccc(-c2nnnn2CC(=O)Nc2ccc(Br)cc2F)cc1. The average molecular weight is 390 g/mol. The normalized spacial score (nSPS) is 10.6. The van der Waals surface area contributed by atoms with Crippen molar-refractivity contribution in [2.24, 2.45) is 0 Å². The maximum absolute atomic E-state index is 13.8. The number of nitrogens with one attached hydrogen (secondary N) is 1. The van der Waals surface area contributed by atoms with Crippen LogP contribution >= 0.6 is 15.9 Å². The number of halogens is 2. The van der Waals surface area contributed by atoms with Gasteiger partial charge in [0.25, 0.3) is 0 Å². The third-order valence-corrected chi connectivity index (χ3v) is 3.83. The van der Waals surface area contributed by atoms with Crippen molar-refractivity contribution in [3.8, 4) is 11.4 Å². The zero-order valence-corrected chi connectivity index (χ0v) is 14.3. The number of hydrogen-bond donors (Lipinski definition) is 1. The van der Waals surface area contributed by atoms with Crippen LogP contribution in [0.1, 0.15) is 5.56 Å². The predicted octanol–water partition coefficient (Wildman–Crippen LogP) is 3.19. The summed E-state index contributed by atoms with van der Waals surface area (Å²) < 4.78 is 15.7. The third-order valence-electron chi connectivity index (χ3n) is 3.34. The van der Waals surface area contributed by atoms with Gasteiger partial charge < -0.3 is 5.32 Å². The Morgan fingerprint density at radius 3 is 2.71 bits per heavy atom. The molecule has 0 aliphatic heterocycles. The molecular formula is C16H13BrFN5O. The van der Waals surface area contributed by atoms with Gasteiger partial charge in [-0.3, -0.25) is 4.79 Å². The number of aromatic nitrogens is 4. The highest BCUT2D eigenvalue weighted by Crippen LogP contribution is 2.20. The second-order valence-corrected chi connectivity index (χ2v) is 6.11. The molecule has 0 bridgehead atoms. The molecule has 2 aromatic carbocycles. The summed E-state index contributed by atoms with van der Waals surface area (Å²) in [6.45, 7) is 1.86. The first-order chi connectivity index (χ1) is 11.5. The van der Waals surface area contributed by atoms with Gasteiger partial charge in [-0.25, -0.2) is 9.07 Å². The van der Waals surface area contributed by atoms with Crippen LogP contribution in [0.2, 0.25) is 0 Å². The molecule has 0 saturated heterocycles. The first-order valence-corrected chi connectivity index (χ1v) is 7.90. The molecule has 0 unspecified atom stereocenters. The largest absolute Gasteiger partial charge is 0.322 e. The first-order valence-electron chi connectivity index (χ1n) is 7.11. The van der Waals surface area contributed by atoms with Gasteiger partial charge in [0.2, 0.25) is 5.91 Å². The number of aryl methyl sites for hydroxylation is 1. The molecule has 3 rings (SSSR count). The lowest BCUT2D eigenvalue weighted by Crippen LogP contribution is -2.20. The first kappa shape index (κ1) is 16.3. The molecule has 1 heterocycles. The topological polar surface area (TPSA) is 72.7 Å². The van der Waals surface area contributed by atoms with Gasteiger partial charge in [0.15, 0.2) is 5.82 Å². The monoisotopic (exact) mass is 389 g/mol. The van der Waals surface area contributed by atoms with Crippen LogP contribution in [0.5, 0.6) is 0 Å². The van der Waals surface area contributed by atoms with Crippen LogP contribution in [0.25, 0.3) is 11.4 Å². The summed E-state index contributed by atoms with van der Waals surface area (Å²) in [7, 11) is 0. The fourth-order valence-corrected chi connectivity index (χ4v) is 2.47. The Kier molecular flexibility index (Phi) is 4.66. The summed E-state index contributed by atoms with van der Waals surface area (Å²) in [6, 6.07) is 12.0. The number of tetrazole rings is 1. The Hall–Kier alpha value is -2.61. The van der Waals surface area contributed by atoms with Gasteiger partial charge in [0.1, 0.15) is 12.4 Å². The van der Waals surface area contributed by atoms with Crippen LogP contribution in [0.4, 0.5) is 10.1 Å². The molecule has 0 atom stereocenters. The molecule has 122 valence electrons. The predicted molar refractivity (Wildman–Crippen MR) is 90.7 cm³/mol. The zero-order chi connectivity index (χ0) is 17.1. The highest BCUT2D eigenvalue weighted by Gasteiger charge is 2.13. The Morgan fingerprint density at radius 1 is 1.25 bits per heavy atom. The molecule has 0 fully saturated rings. The van der Waals surface area contributed by atoms with Crippen LogP contribution in [-0.2, 0) is 11.3 Å². The minimum absolute atomic E-state index is 0.105. The van der Waals surface area contributed by atoms with E-state index in [1.54, 1.807) is 6.07 Å². The van der Waals surface area contributed by atoms with E-state index in [1.165, 1.54) is 16.8 Å². The number of carbonyl (C=O) groups excluding carboxylic acids is 1. The van der Waals surface area contributed by atoms with E-state index in [0.717, 1.165) is 11.1 Å². The van der Waals surface area contributed by atoms with Gasteiger partial charge in [0, 0.05) is 10.0 Å². The van der Waals surface area contributed by atoms with Crippen LogP contribution in [0.3, 0.4) is 0 Å². The molecule has 0 radical (unpaired) electrons. The standard InChI is InChI=1S/C16H13BrFN5O/c1-10-2-4-11(5-3-10)16-20-21-22-23(16)9-15(24)19-14-7-6-12(17)8-13(14)18/h2-8H,9H2,1H3,(H,19,24). The molecule has 24 heavy (non-hydrogen) atoms. The summed E-state index contributed by atoms with van der Waals surface area (Å²) in [5, 5.41) is 13.9. The minimum atomic E-state index is -0.520. The van der Waals surface area contributed by atoms with Crippen molar-refractivity contribution in [3.63, 3.8) is 0 Å². The lowest BCUT2D eigenvalue weighted by atomic mass is 10.1. The van der Waals surface area contributed by atoms with E-state index in [1.807, 2.05) is 31.2 Å². The summed E-state index contributed by atoms with van der Waals surface area (Å²) in [5.41, 5.74) is 2.02. The maximum Gasteiger partial charge on any atom is 0.246 e. The Morgan fingerprint density at radius 2 is 2.00 bits per heavy atom. The Bertz CT molecular complexity index is 878. The molecule has 1 aromatic heterocycles. The van der Waals surface area contributed by atoms with Gasteiger partial charge in [-0.1, -0.05) is 45.8 Å². The number of amides is 1. The molecule has 3 aromatic rings. The number of benzene rings is 2. The van der Waals surface area contributed by atoms with Gasteiger partial charge in [-0.2, -0.15) is 0 Å². The van der Waals surface area contributed by atoms with E-state index < -0.39 is 11.7 Å². The lowest BCUT2D eigenvalue weighted by Gasteiger charge is -2.08. The highest BCUT2D eigenvalue weighted by atomic mass is 79.9. The molecule has 8 heteroatoms. The summed E-state index contributed by atoms with van der Waals surface area (Å²) in [6.07, 6.45) is 0. The molecule has 6 nitrogen and oxygen atoms in total. The maximum atomic E-state index is 13.8. The lowest BCUT2D eigenvalue weighted by molar-refractivity contribution is -0.116. The average Bonchev–Trinajstić information content (AvgIpc) is 2.99. The Labute approximate surface area is 145 Å². The smallest absolute Gasteiger partial charge is 0.246 e. The number of rotatable bonds is 4. The van der Waals surface area contributed by atoms with Gasteiger partial charge in [-0.05, 0) is 35.5 Å². The van der Waals surface area contributed by atoms with Crippen molar-refractivity contribution in [1.82, 2.24) is 20.2 Å². The van der Waals surface area contributed by atoms with Crippen molar-refractivity contribution >= 4 is 27.5 Å². The van der Waals surface area contributed by atoms with Crippen molar-refractivity contribution in [3.05, 3.63) is 58.3 Å². The van der Waals surface area contributed by atoms with Crippen molar-refractivity contribution in [2.45, 2.75) is 13.5 Å². The van der Waals surface area contributed by atoms with Crippen molar-refractivity contribution < 1.29 is 9.18 Å². The molecule has 0 aliphatic rings. The van der Waals surface area contributed by atoms with E-state index in [-0.39, 0.29) is 12.2 Å². The van der Waals surface area contributed by atoms with Crippen LogP contribution in [-0.4, -0.2) is 26.1 Å².